The lowest BCUT2D eigenvalue weighted by atomic mass is 10.1. The summed E-state index contributed by atoms with van der Waals surface area (Å²) in [5.41, 5.74) is 1.10. The van der Waals surface area contributed by atoms with Crippen molar-refractivity contribution < 1.29 is 13.5 Å². The normalized spacial score (nSPS) is 12.5. The molecule has 0 radical (unpaired) electrons. The lowest BCUT2D eigenvalue weighted by molar-refractivity contribution is -0.0498. The number of halogens is 3. The number of aryl methyl sites for hydroxylation is 1. The van der Waals surface area contributed by atoms with Gasteiger partial charge in [0.15, 0.2) is 0 Å². The Labute approximate surface area is 121 Å². The van der Waals surface area contributed by atoms with Crippen LogP contribution in [0.1, 0.15) is 18.9 Å². The first-order valence-corrected chi connectivity index (χ1v) is 6.87. The summed E-state index contributed by atoms with van der Waals surface area (Å²) in [4.78, 5) is 0. The summed E-state index contributed by atoms with van der Waals surface area (Å²) < 4.78 is 29.2. The van der Waals surface area contributed by atoms with E-state index in [2.05, 4.69) is 39.5 Å². The lowest BCUT2D eigenvalue weighted by Crippen LogP contribution is -2.27. The van der Waals surface area contributed by atoms with Crippen molar-refractivity contribution in [1.29, 1.82) is 0 Å². The highest BCUT2D eigenvalue weighted by Crippen LogP contribution is 2.16. The smallest absolute Gasteiger partial charge is 0.387 e. The maximum Gasteiger partial charge on any atom is 0.387 e. The molecule has 1 aromatic rings. The van der Waals surface area contributed by atoms with Crippen molar-refractivity contribution in [3.63, 3.8) is 0 Å². The number of nitrogens with one attached hydrogen (secondary N) is 1. The summed E-state index contributed by atoms with van der Waals surface area (Å²) in [6.45, 7) is 3.83. The molecule has 0 aromatic heterocycles. The Bertz CT molecular complexity index is 395. The molecule has 0 saturated heterocycles. The molecule has 19 heavy (non-hydrogen) atoms. The molecular weight excluding hydrogens is 316 g/mol. The maximum absolute atomic E-state index is 12.0. The average Bonchev–Trinajstić information content (AvgIpc) is 2.35. The van der Waals surface area contributed by atoms with Crippen LogP contribution in [-0.4, -0.2) is 19.2 Å². The van der Waals surface area contributed by atoms with Crippen LogP contribution >= 0.6 is 15.9 Å². The fourth-order valence-electron chi connectivity index (χ4n) is 1.61. The van der Waals surface area contributed by atoms with Crippen LogP contribution in [0.5, 0.6) is 5.75 Å². The molecular formula is C14H18BrF2NO. The molecule has 1 atom stereocenters. The number of hydrogen-bond acceptors (Lipinski definition) is 2. The average molecular weight is 334 g/mol. The molecule has 0 spiro atoms. The first kappa shape index (κ1) is 16.1. The Morgan fingerprint density at radius 3 is 2.53 bits per heavy atom. The minimum absolute atomic E-state index is 0.195. The molecule has 0 amide bonds. The van der Waals surface area contributed by atoms with Gasteiger partial charge < -0.3 is 10.1 Å². The molecule has 1 unspecified atom stereocenters. The molecule has 0 aliphatic heterocycles. The van der Waals surface area contributed by atoms with E-state index in [9.17, 15) is 8.78 Å². The monoisotopic (exact) mass is 333 g/mol. The largest absolute Gasteiger partial charge is 0.435 e. The summed E-state index contributed by atoms with van der Waals surface area (Å²) in [5, 5.41) is 3.32. The summed E-state index contributed by atoms with van der Waals surface area (Å²) >= 11 is 3.29. The molecule has 0 aliphatic carbocycles. The zero-order chi connectivity index (χ0) is 14.3. The van der Waals surface area contributed by atoms with Crippen molar-refractivity contribution in [1.82, 2.24) is 5.32 Å². The molecule has 0 heterocycles. The van der Waals surface area contributed by atoms with Crippen LogP contribution in [0.25, 0.3) is 0 Å². The second-order valence-electron chi connectivity index (χ2n) is 4.36. The Morgan fingerprint density at radius 1 is 1.37 bits per heavy atom. The molecule has 2 nitrogen and oxygen atoms in total. The minimum atomic E-state index is -2.77. The van der Waals surface area contributed by atoms with Crippen LogP contribution in [0.15, 0.2) is 35.3 Å². The third-order valence-electron chi connectivity index (χ3n) is 2.66. The van der Waals surface area contributed by atoms with E-state index in [1.807, 2.05) is 12.1 Å². The van der Waals surface area contributed by atoms with Crippen molar-refractivity contribution in [2.75, 3.05) is 6.54 Å². The quantitative estimate of drug-likeness (QED) is 0.773. The number of alkyl halides is 2. The molecule has 0 saturated carbocycles. The van der Waals surface area contributed by atoms with Crippen molar-refractivity contribution >= 4 is 15.9 Å². The zero-order valence-electron chi connectivity index (χ0n) is 10.8. The third kappa shape index (κ3) is 7.28. The fraction of sp³-hybridized carbons (Fsp3) is 0.429. The van der Waals surface area contributed by atoms with Crippen molar-refractivity contribution in [3.05, 3.63) is 40.9 Å². The number of ether oxygens (including phenoxy) is 1. The first-order valence-electron chi connectivity index (χ1n) is 6.08. The molecule has 1 rings (SSSR count). The van der Waals surface area contributed by atoms with Crippen molar-refractivity contribution in [2.24, 2.45) is 0 Å². The fourth-order valence-corrected chi connectivity index (χ4v) is 1.77. The van der Waals surface area contributed by atoms with E-state index < -0.39 is 6.61 Å². The molecule has 1 aromatic carbocycles. The highest BCUT2D eigenvalue weighted by Gasteiger charge is 2.05. The molecule has 0 aliphatic rings. The molecule has 0 fully saturated rings. The topological polar surface area (TPSA) is 21.3 Å². The molecule has 5 heteroatoms. The van der Waals surface area contributed by atoms with E-state index in [0.29, 0.717) is 6.04 Å². The summed E-state index contributed by atoms with van der Waals surface area (Å²) in [6.07, 6.45) is 1.85. The summed E-state index contributed by atoms with van der Waals surface area (Å²) in [6, 6.07) is 7.13. The van der Waals surface area contributed by atoms with Crippen LogP contribution < -0.4 is 10.1 Å². The van der Waals surface area contributed by atoms with Crippen molar-refractivity contribution in [2.45, 2.75) is 32.4 Å². The van der Waals surface area contributed by atoms with Crippen LogP contribution in [0.3, 0.4) is 0 Å². The van der Waals surface area contributed by atoms with E-state index in [1.165, 1.54) is 0 Å². The van der Waals surface area contributed by atoms with Gasteiger partial charge in [-0.2, -0.15) is 8.78 Å². The van der Waals surface area contributed by atoms with Crippen molar-refractivity contribution in [3.8, 4) is 5.75 Å². The Kier molecular flexibility index (Phi) is 7.02. The van der Waals surface area contributed by atoms with E-state index in [1.54, 1.807) is 12.1 Å². The summed E-state index contributed by atoms with van der Waals surface area (Å²) in [7, 11) is 0. The van der Waals surface area contributed by atoms with E-state index in [0.717, 1.165) is 29.4 Å². The van der Waals surface area contributed by atoms with Gasteiger partial charge in [0.2, 0.25) is 0 Å². The van der Waals surface area contributed by atoms with Gasteiger partial charge in [-0.25, -0.2) is 0 Å². The molecule has 0 bridgehead atoms. The van der Waals surface area contributed by atoms with Crippen LogP contribution in [0.2, 0.25) is 0 Å². The van der Waals surface area contributed by atoms with Crippen LogP contribution in [0, 0.1) is 0 Å². The van der Waals surface area contributed by atoms with Gasteiger partial charge in [0.25, 0.3) is 0 Å². The summed E-state index contributed by atoms with van der Waals surface area (Å²) in [5.74, 6) is 0.195. The predicted molar refractivity (Wildman–Crippen MR) is 76.9 cm³/mol. The van der Waals surface area contributed by atoms with E-state index in [4.69, 9.17) is 0 Å². The van der Waals surface area contributed by atoms with Gasteiger partial charge in [-0.05, 0) is 37.5 Å². The maximum atomic E-state index is 12.0. The Balaban J connectivity index is 2.35. The van der Waals surface area contributed by atoms with E-state index in [-0.39, 0.29) is 5.75 Å². The van der Waals surface area contributed by atoms with Gasteiger partial charge in [-0.15, -0.1) is 0 Å². The predicted octanol–water partition coefficient (Wildman–Crippen LogP) is 4.11. The van der Waals surface area contributed by atoms with Gasteiger partial charge in [0.05, 0.1) is 0 Å². The Morgan fingerprint density at radius 2 is 2.00 bits per heavy atom. The number of rotatable bonds is 8. The van der Waals surface area contributed by atoms with Gasteiger partial charge in [0.1, 0.15) is 5.75 Å². The van der Waals surface area contributed by atoms with E-state index >= 15 is 0 Å². The van der Waals surface area contributed by atoms with Gasteiger partial charge in [0, 0.05) is 17.1 Å². The third-order valence-corrected chi connectivity index (χ3v) is 2.94. The second-order valence-corrected chi connectivity index (χ2v) is 5.48. The highest BCUT2D eigenvalue weighted by molar-refractivity contribution is 9.11. The zero-order valence-corrected chi connectivity index (χ0v) is 12.4. The van der Waals surface area contributed by atoms with Gasteiger partial charge >= 0.3 is 6.61 Å². The second kappa shape index (κ2) is 8.27. The molecule has 1 N–H and O–H groups in total. The van der Waals surface area contributed by atoms with Crippen LogP contribution in [-0.2, 0) is 6.42 Å². The highest BCUT2D eigenvalue weighted by atomic mass is 79.9. The molecule has 106 valence electrons. The Hall–Kier alpha value is -0.940. The van der Waals surface area contributed by atoms with Gasteiger partial charge in [-0.1, -0.05) is 34.6 Å². The standard InChI is InChI=1S/C14H18BrF2NO/c1-10(15)9-18-11(2)3-4-12-5-7-13(8-6-12)19-14(16)17/h5-8,11,14,18H,1,3-4,9H2,2H3. The number of benzene rings is 1. The van der Waals surface area contributed by atoms with Gasteiger partial charge in [-0.3, -0.25) is 0 Å². The first-order chi connectivity index (χ1) is 8.97. The minimum Gasteiger partial charge on any atom is -0.435 e. The van der Waals surface area contributed by atoms with Crippen LogP contribution in [0.4, 0.5) is 8.78 Å². The number of hydrogen-bond donors (Lipinski definition) is 1. The lowest BCUT2D eigenvalue weighted by Gasteiger charge is -2.13. The SMILES string of the molecule is C=C(Br)CNC(C)CCc1ccc(OC(F)F)cc1.